The maximum absolute atomic E-state index is 14.5. The number of amides is 1. The van der Waals surface area contributed by atoms with Crippen LogP contribution in [0.25, 0.3) is 11.3 Å². The Bertz CT molecular complexity index is 1210. The van der Waals surface area contributed by atoms with Gasteiger partial charge in [-0.05, 0) is 36.4 Å². The highest BCUT2D eigenvalue weighted by Crippen LogP contribution is 2.23. The van der Waals surface area contributed by atoms with Crippen LogP contribution in [0, 0.1) is 17.3 Å². The Balaban J connectivity index is 1.92. The lowest BCUT2D eigenvalue weighted by Crippen LogP contribution is -2.18. The Morgan fingerprint density at radius 2 is 1.78 bits per heavy atom. The second-order valence-corrected chi connectivity index (χ2v) is 12.6. The van der Waals surface area contributed by atoms with Crippen molar-refractivity contribution in [2.75, 3.05) is 12.4 Å². The first kappa shape index (κ1) is 22.8. The Kier molecular flexibility index (Phi) is 6.75. The zero-order valence-corrected chi connectivity index (χ0v) is 19.1. The number of carbonyl (C=O) groups is 2. The molecule has 0 radical (unpaired) electrons. The third-order valence-electron chi connectivity index (χ3n) is 4.21. The molecule has 2 aromatic heterocycles. The van der Waals surface area contributed by atoms with E-state index in [-0.39, 0.29) is 22.5 Å². The highest BCUT2D eigenvalue weighted by atomic mass is 28.3. The Hall–Kier alpha value is -3.90. The SMILES string of the molecule is COC(=O)c1cc(F)c(C#C[Si](C)(C)C)cc1NC(=O)c1ccc(-c2ccncc2)nn1. The van der Waals surface area contributed by atoms with Gasteiger partial charge in [0.1, 0.15) is 13.9 Å². The second-order valence-electron chi connectivity index (χ2n) is 7.86. The molecule has 0 saturated carbocycles. The third kappa shape index (κ3) is 5.62. The molecular formula is C23H21FN4O3Si. The molecule has 162 valence electrons. The molecular weight excluding hydrogens is 427 g/mol. The molecule has 0 fully saturated rings. The molecule has 32 heavy (non-hydrogen) atoms. The van der Waals surface area contributed by atoms with E-state index >= 15 is 0 Å². The predicted molar refractivity (Wildman–Crippen MR) is 121 cm³/mol. The van der Waals surface area contributed by atoms with E-state index in [0.29, 0.717) is 5.69 Å². The Morgan fingerprint density at radius 3 is 2.38 bits per heavy atom. The maximum Gasteiger partial charge on any atom is 0.340 e. The van der Waals surface area contributed by atoms with Crippen molar-refractivity contribution in [1.29, 1.82) is 0 Å². The van der Waals surface area contributed by atoms with Crippen molar-refractivity contribution in [2.45, 2.75) is 19.6 Å². The van der Waals surface area contributed by atoms with Crippen LogP contribution in [-0.4, -0.2) is 42.2 Å². The van der Waals surface area contributed by atoms with E-state index < -0.39 is 25.8 Å². The standard InChI is InChI=1S/C23H21FN4O3Si/c1-31-23(30)17-14-18(24)16(9-12-32(2,3)4)13-21(17)26-22(29)20-6-5-19(27-28-20)15-7-10-25-11-8-15/h5-8,10-11,13-14H,1-4H3,(H,26,29). The summed E-state index contributed by atoms with van der Waals surface area (Å²) < 4.78 is 19.3. The van der Waals surface area contributed by atoms with Gasteiger partial charge >= 0.3 is 5.97 Å². The molecule has 9 heteroatoms. The fourth-order valence-electron chi connectivity index (χ4n) is 2.62. The van der Waals surface area contributed by atoms with Gasteiger partial charge in [0.2, 0.25) is 0 Å². The number of esters is 1. The van der Waals surface area contributed by atoms with Gasteiger partial charge in [-0.15, -0.1) is 15.7 Å². The summed E-state index contributed by atoms with van der Waals surface area (Å²) in [4.78, 5) is 28.8. The third-order valence-corrected chi connectivity index (χ3v) is 5.08. The van der Waals surface area contributed by atoms with Gasteiger partial charge in [0.05, 0.1) is 29.6 Å². The van der Waals surface area contributed by atoms with E-state index in [0.717, 1.165) is 11.6 Å². The monoisotopic (exact) mass is 448 g/mol. The van der Waals surface area contributed by atoms with Crippen LogP contribution >= 0.6 is 0 Å². The van der Waals surface area contributed by atoms with Gasteiger partial charge < -0.3 is 10.1 Å². The quantitative estimate of drug-likeness (QED) is 0.369. The average molecular weight is 449 g/mol. The number of pyridine rings is 1. The molecule has 2 heterocycles. The van der Waals surface area contributed by atoms with Gasteiger partial charge in [-0.1, -0.05) is 25.6 Å². The zero-order valence-electron chi connectivity index (χ0n) is 18.1. The Morgan fingerprint density at radius 1 is 1.06 bits per heavy atom. The van der Waals surface area contributed by atoms with Crippen LogP contribution in [0.1, 0.15) is 26.4 Å². The van der Waals surface area contributed by atoms with E-state index in [1.54, 1.807) is 30.6 Å². The summed E-state index contributed by atoms with van der Waals surface area (Å²) in [7, 11) is -0.595. The van der Waals surface area contributed by atoms with Crippen molar-refractivity contribution in [3.05, 3.63) is 71.4 Å². The number of benzene rings is 1. The van der Waals surface area contributed by atoms with Crippen LogP contribution in [0.4, 0.5) is 10.1 Å². The number of carbonyl (C=O) groups excluding carboxylic acids is 2. The molecule has 1 amide bonds. The molecule has 0 bridgehead atoms. The molecule has 3 rings (SSSR count). The summed E-state index contributed by atoms with van der Waals surface area (Å²) in [5, 5.41) is 10.6. The molecule has 0 aliphatic rings. The van der Waals surface area contributed by atoms with Crippen molar-refractivity contribution in [2.24, 2.45) is 0 Å². The number of methoxy groups -OCH3 is 1. The molecule has 0 spiro atoms. The largest absolute Gasteiger partial charge is 0.465 e. The molecule has 1 aromatic carbocycles. The minimum absolute atomic E-state index is 0.0256. The number of nitrogens with one attached hydrogen (secondary N) is 1. The average Bonchev–Trinajstić information content (AvgIpc) is 2.78. The first-order valence-corrected chi connectivity index (χ1v) is 13.2. The van der Waals surface area contributed by atoms with Crippen LogP contribution < -0.4 is 5.32 Å². The zero-order chi connectivity index (χ0) is 23.3. The second kappa shape index (κ2) is 9.49. The van der Waals surface area contributed by atoms with Crippen molar-refractivity contribution in [3.8, 4) is 22.7 Å². The van der Waals surface area contributed by atoms with E-state index in [4.69, 9.17) is 4.74 Å². The summed E-state index contributed by atoms with van der Waals surface area (Å²) in [6, 6.07) is 9.03. The summed E-state index contributed by atoms with van der Waals surface area (Å²) in [6.45, 7) is 6.08. The molecule has 1 N–H and O–H groups in total. The van der Waals surface area contributed by atoms with Gasteiger partial charge in [0.25, 0.3) is 5.91 Å². The molecule has 0 aliphatic heterocycles. The van der Waals surface area contributed by atoms with Gasteiger partial charge in [0, 0.05) is 18.0 Å². The lowest BCUT2D eigenvalue weighted by Gasteiger charge is -2.11. The molecule has 3 aromatic rings. The van der Waals surface area contributed by atoms with Crippen LogP contribution in [0.15, 0.2) is 48.8 Å². The maximum atomic E-state index is 14.5. The number of hydrogen-bond acceptors (Lipinski definition) is 6. The minimum Gasteiger partial charge on any atom is -0.465 e. The molecule has 0 aliphatic carbocycles. The number of hydrogen-bond donors (Lipinski definition) is 1. The summed E-state index contributed by atoms with van der Waals surface area (Å²) in [6.07, 6.45) is 3.26. The summed E-state index contributed by atoms with van der Waals surface area (Å²) in [5.74, 6) is 0.745. The number of halogens is 1. The minimum atomic E-state index is -1.77. The summed E-state index contributed by atoms with van der Waals surface area (Å²) >= 11 is 0. The van der Waals surface area contributed by atoms with Gasteiger partial charge in [0.15, 0.2) is 5.69 Å². The van der Waals surface area contributed by atoms with Gasteiger partial charge in [-0.2, -0.15) is 0 Å². The lowest BCUT2D eigenvalue weighted by atomic mass is 10.1. The normalized spacial score (nSPS) is 10.7. The van der Waals surface area contributed by atoms with Crippen LogP contribution in [0.3, 0.4) is 0 Å². The topological polar surface area (TPSA) is 94.1 Å². The number of aromatic nitrogens is 3. The van der Waals surface area contributed by atoms with Crippen LogP contribution in [0.5, 0.6) is 0 Å². The van der Waals surface area contributed by atoms with Crippen molar-refractivity contribution in [3.63, 3.8) is 0 Å². The lowest BCUT2D eigenvalue weighted by molar-refractivity contribution is 0.0601. The molecule has 7 nitrogen and oxygen atoms in total. The molecule has 0 saturated heterocycles. The molecule has 0 unspecified atom stereocenters. The van der Waals surface area contributed by atoms with E-state index in [1.807, 2.05) is 19.6 Å². The number of rotatable bonds is 4. The first-order chi connectivity index (χ1) is 15.2. The van der Waals surface area contributed by atoms with E-state index in [9.17, 15) is 14.0 Å². The summed E-state index contributed by atoms with van der Waals surface area (Å²) in [5.41, 5.74) is 4.49. The number of anilines is 1. The van der Waals surface area contributed by atoms with Crippen molar-refractivity contribution >= 4 is 25.6 Å². The van der Waals surface area contributed by atoms with E-state index in [1.165, 1.54) is 19.2 Å². The van der Waals surface area contributed by atoms with Crippen LogP contribution in [-0.2, 0) is 4.74 Å². The van der Waals surface area contributed by atoms with Crippen LogP contribution in [0.2, 0.25) is 19.6 Å². The Labute approximate surface area is 186 Å². The highest BCUT2D eigenvalue weighted by molar-refractivity contribution is 6.83. The smallest absolute Gasteiger partial charge is 0.340 e. The van der Waals surface area contributed by atoms with Crippen molar-refractivity contribution < 1.29 is 18.7 Å². The van der Waals surface area contributed by atoms with Crippen molar-refractivity contribution in [1.82, 2.24) is 15.2 Å². The first-order valence-electron chi connectivity index (χ1n) is 9.68. The highest BCUT2D eigenvalue weighted by Gasteiger charge is 2.19. The van der Waals surface area contributed by atoms with Gasteiger partial charge in [-0.3, -0.25) is 9.78 Å². The van der Waals surface area contributed by atoms with Gasteiger partial charge in [-0.25, -0.2) is 9.18 Å². The fraction of sp³-hybridized carbons (Fsp3) is 0.174. The fourth-order valence-corrected chi connectivity index (χ4v) is 3.13. The number of nitrogens with zero attached hydrogens (tertiary/aromatic N) is 3. The molecule has 0 atom stereocenters. The predicted octanol–water partition coefficient (Wildman–Crippen LogP) is 3.95. The van der Waals surface area contributed by atoms with E-state index in [2.05, 4.69) is 32.0 Å². The number of ether oxygens (including phenoxy) is 1.